The number of likely N-dealkylation sites (tertiary alicyclic amines) is 1. The maximum absolute atomic E-state index is 11.8. The number of fused-ring (bicyclic) bond motifs is 2. The van der Waals surface area contributed by atoms with Crippen molar-refractivity contribution in [1.82, 2.24) is 24.4 Å². The Morgan fingerprint density at radius 3 is 2.73 bits per heavy atom. The van der Waals surface area contributed by atoms with Crippen LogP contribution in [0.25, 0.3) is 11.0 Å². The molecular weight excluding hydrogens is 586 g/mol. The third-order valence-electron chi connectivity index (χ3n) is 9.19. The van der Waals surface area contributed by atoms with Crippen molar-refractivity contribution in [2.45, 2.75) is 50.5 Å². The van der Waals surface area contributed by atoms with Gasteiger partial charge >= 0.3 is 5.97 Å². The standard InChI is InChI=1S/C32H34ClN5O6/c1-41-25-13-22(33)4-3-19(25)18-44-28-5-8-34-31(36-28)32-7-9-37(15-21(32)14-32)17-27-35-29-24(38(27)16-23-6-10-43-23)11-20(30(39)40)12-26(29)42-2/h3-5,8,11-13,21,23H,6-7,9-10,14-18H2,1-2H3,(H,39,40)/t21?,23-,32?/m0/s1. The van der Waals surface area contributed by atoms with Gasteiger partial charge < -0.3 is 28.6 Å². The largest absolute Gasteiger partial charge is 0.496 e. The number of halogens is 1. The van der Waals surface area contributed by atoms with Crippen LogP contribution in [0.2, 0.25) is 5.02 Å². The first-order valence-electron chi connectivity index (χ1n) is 14.8. The van der Waals surface area contributed by atoms with Gasteiger partial charge in [0.05, 0.1) is 44.5 Å². The Morgan fingerprint density at radius 1 is 1.16 bits per heavy atom. The SMILES string of the molecule is COc1cc(Cl)ccc1COc1ccnc(C23CCN(Cc4nc5c(OC)cc(C(=O)O)cc5n4C[C@@H]4CCO4)CC2C3)n1. The molecule has 0 spiro atoms. The van der Waals surface area contributed by atoms with E-state index in [0.29, 0.717) is 53.5 Å². The van der Waals surface area contributed by atoms with E-state index in [4.69, 9.17) is 40.5 Å². The van der Waals surface area contributed by atoms with Gasteiger partial charge in [0, 0.05) is 41.4 Å². The Morgan fingerprint density at radius 2 is 2.00 bits per heavy atom. The number of imidazole rings is 1. The van der Waals surface area contributed by atoms with Crippen molar-refractivity contribution in [3.05, 3.63) is 70.4 Å². The molecule has 1 saturated carbocycles. The van der Waals surface area contributed by atoms with Crippen molar-refractivity contribution in [2.24, 2.45) is 5.92 Å². The summed E-state index contributed by atoms with van der Waals surface area (Å²) in [7, 11) is 3.16. The highest BCUT2D eigenvalue weighted by Crippen LogP contribution is 2.58. The van der Waals surface area contributed by atoms with Crippen LogP contribution in [0, 0.1) is 5.92 Å². The van der Waals surface area contributed by atoms with Gasteiger partial charge in [-0.3, -0.25) is 4.90 Å². The smallest absolute Gasteiger partial charge is 0.335 e. The van der Waals surface area contributed by atoms with E-state index in [-0.39, 0.29) is 17.1 Å². The Kier molecular flexibility index (Phi) is 7.55. The number of aromatic carboxylic acids is 1. The average Bonchev–Trinajstić information content (AvgIpc) is 3.65. The zero-order valence-corrected chi connectivity index (χ0v) is 25.4. The highest BCUT2D eigenvalue weighted by Gasteiger charge is 2.59. The molecule has 0 radical (unpaired) electrons. The predicted octanol–water partition coefficient (Wildman–Crippen LogP) is 4.73. The molecule has 2 unspecified atom stereocenters. The number of nitrogens with zero attached hydrogens (tertiary/aromatic N) is 5. The van der Waals surface area contributed by atoms with Crippen molar-refractivity contribution in [3.63, 3.8) is 0 Å². The number of carboxylic acid groups (broad SMARTS) is 1. The lowest BCUT2D eigenvalue weighted by molar-refractivity contribution is -0.0592. The highest BCUT2D eigenvalue weighted by atomic mass is 35.5. The maximum atomic E-state index is 11.8. The lowest BCUT2D eigenvalue weighted by Gasteiger charge is -2.31. The number of piperidine rings is 1. The van der Waals surface area contributed by atoms with Crippen LogP contribution in [0.1, 0.15) is 46.8 Å². The van der Waals surface area contributed by atoms with E-state index in [1.807, 2.05) is 12.1 Å². The van der Waals surface area contributed by atoms with Gasteiger partial charge in [0.1, 0.15) is 35.3 Å². The summed E-state index contributed by atoms with van der Waals surface area (Å²) in [5.41, 5.74) is 2.45. The molecule has 1 N–H and O–H groups in total. The van der Waals surface area contributed by atoms with Crippen LogP contribution < -0.4 is 14.2 Å². The van der Waals surface area contributed by atoms with E-state index in [2.05, 4.69) is 14.5 Å². The van der Waals surface area contributed by atoms with Gasteiger partial charge in [-0.2, -0.15) is 4.98 Å². The van der Waals surface area contributed by atoms with Gasteiger partial charge in [0.15, 0.2) is 0 Å². The minimum Gasteiger partial charge on any atom is -0.496 e. The summed E-state index contributed by atoms with van der Waals surface area (Å²) in [6.07, 6.45) is 4.80. The summed E-state index contributed by atoms with van der Waals surface area (Å²) >= 11 is 6.10. The van der Waals surface area contributed by atoms with E-state index in [1.165, 1.54) is 6.07 Å². The van der Waals surface area contributed by atoms with Crippen LogP contribution >= 0.6 is 11.6 Å². The monoisotopic (exact) mass is 619 g/mol. The maximum Gasteiger partial charge on any atom is 0.335 e. The summed E-state index contributed by atoms with van der Waals surface area (Å²) in [5, 5.41) is 10.3. The molecule has 11 nitrogen and oxygen atoms in total. The molecule has 2 aliphatic heterocycles. The van der Waals surface area contributed by atoms with E-state index in [1.54, 1.807) is 38.6 Å². The Hall–Kier alpha value is -3.93. The van der Waals surface area contributed by atoms with E-state index < -0.39 is 5.97 Å². The Balaban J connectivity index is 1.07. The molecule has 2 saturated heterocycles. The van der Waals surface area contributed by atoms with E-state index >= 15 is 0 Å². The molecule has 4 heterocycles. The zero-order valence-electron chi connectivity index (χ0n) is 24.7. The fourth-order valence-corrected chi connectivity index (χ4v) is 6.71. The number of carbonyl (C=O) groups is 1. The number of hydrogen-bond donors (Lipinski definition) is 1. The van der Waals surface area contributed by atoms with Gasteiger partial charge in [-0.25, -0.2) is 14.8 Å². The second kappa shape index (κ2) is 11.5. The van der Waals surface area contributed by atoms with Crippen LogP contribution in [-0.4, -0.2) is 75.5 Å². The molecule has 44 heavy (non-hydrogen) atoms. The molecule has 4 aromatic rings. The van der Waals surface area contributed by atoms with Crippen molar-refractivity contribution in [2.75, 3.05) is 33.9 Å². The number of aromatic nitrogens is 4. The zero-order chi connectivity index (χ0) is 30.4. The number of rotatable bonds is 11. The third-order valence-corrected chi connectivity index (χ3v) is 9.43. The summed E-state index contributed by atoms with van der Waals surface area (Å²) in [6.45, 7) is 4.10. The van der Waals surface area contributed by atoms with Gasteiger partial charge in [0.25, 0.3) is 0 Å². The summed E-state index contributed by atoms with van der Waals surface area (Å²) in [5.74, 6) is 2.83. The number of carboxylic acids is 1. The minimum atomic E-state index is -0.998. The second-order valence-corrected chi connectivity index (χ2v) is 12.2. The fourth-order valence-electron chi connectivity index (χ4n) is 6.54. The van der Waals surface area contributed by atoms with Gasteiger partial charge in [-0.15, -0.1) is 0 Å². The van der Waals surface area contributed by atoms with Crippen molar-refractivity contribution in [3.8, 4) is 17.4 Å². The van der Waals surface area contributed by atoms with Gasteiger partial charge in [-0.1, -0.05) is 17.7 Å². The Labute approximate surface area is 259 Å². The Bertz CT molecular complexity index is 1730. The van der Waals surface area contributed by atoms with Gasteiger partial charge in [0.2, 0.25) is 5.88 Å². The third kappa shape index (κ3) is 5.33. The summed E-state index contributed by atoms with van der Waals surface area (Å²) < 4.78 is 24.9. The molecule has 1 aliphatic carbocycles. The van der Waals surface area contributed by atoms with Gasteiger partial charge in [-0.05, 0) is 56.0 Å². The number of ether oxygens (including phenoxy) is 4. The first-order chi connectivity index (χ1) is 21.4. The molecule has 7 rings (SSSR count). The summed E-state index contributed by atoms with van der Waals surface area (Å²) in [6, 6.07) is 10.5. The fraction of sp³-hybridized carbons (Fsp3) is 0.438. The summed E-state index contributed by atoms with van der Waals surface area (Å²) in [4.78, 5) is 28.7. The lowest BCUT2D eigenvalue weighted by atomic mass is 9.94. The molecule has 3 fully saturated rings. The molecule has 2 aromatic carbocycles. The van der Waals surface area contributed by atoms with Crippen LogP contribution in [0.4, 0.5) is 0 Å². The van der Waals surface area contributed by atoms with Crippen molar-refractivity contribution < 1.29 is 28.8 Å². The molecule has 2 aromatic heterocycles. The highest BCUT2D eigenvalue weighted by molar-refractivity contribution is 6.30. The molecule has 0 amide bonds. The number of methoxy groups -OCH3 is 2. The van der Waals surface area contributed by atoms with Crippen molar-refractivity contribution >= 4 is 28.6 Å². The van der Waals surface area contributed by atoms with Crippen molar-refractivity contribution in [1.29, 1.82) is 0 Å². The average molecular weight is 620 g/mol. The number of benzene rings is 2. The predicted molar refractivity (Wildman–Crippen MR) is 162 cm³/mol. The lowest BCUT2D eigenvalue weighted by Crippen LogP contribution is -2.38. The van der Waals surface area contributed by atoms with Crippen LogP contribution in [0.5, 0.6) is 17.4 Å². The molecule has 12 heteroatoms. The minimum absolute atomic E-state index is 0.0483. The second-order valence-electron chi connectivity index (χ2n) is 11.8. The van der Waals surface area contributed by atoms with E-state index in [9.17, 15) is 9.90 Å². The number of hydrogen-bond acceptors (Lipinski definition) is 9. The first kappa shape index (κ1) is 28.8. The first-order valence-corrected chi connectivity index (χ1v) is 15.2. The topological polar surface area (TPSA) is 121 Å². The molecule has 3 aliphatic rings. The van der Waals surface area contributed by atoms with Crippen LogP contribution in [0.3, 0.4) is 0 Å². The molecule has 3 atom stereocenters. The van der Waals surface area contributed by atoms with Crippen LogP contribution in [0.15, 0.2) is 42.6 Å². The molecule has 0 bridgehead atoms. The molecule has 230 valence electrons. The quantitative estimate of drug-likeness (QED) is 0.252. The van der Waals surface area contributed by atoms with E-state index in [0.717, 1.165) is 61.7 Å². The van der Waals surface area contributed by atoms with Crippen LogP contribution in [-0.2, 0) is 29.8 Å². The molecular formula is C32H34ClN5O6. The normalized spacial score (nSPS) is 22.7.